The lowest BCUT2D eigenvalue weighted by Crippen LogP contribution is -2.45. The SMILES string of the molecule is CCC(CC)(CNC(=O)NCc1cccc(Cl)c1)C(=O)O. The number of carboxylic acid groups (broad SMARTS) is 1. The fraction of sp³-hybridized carbons (Fsp3) is 0.467. The van der Waals surface area contributed by atoms with Crippen LogP contribution in [0.3, 0.4) is 0 Å². The number of nitrogens with one attached hydrogen (secondary N) is 2. The summed E-state index contributed by atoms with van der Waals surface area (Å²) in [5.74, 6) is -0.886. The van der Waals surface area contributed by atoms with Crippen LogP contribution in [0, 0.1) is 5.41 Å². The Morgan fingerprint density at radius 2 is 1.90 bits per heavy atom. The summed E-state index contributed by atoms with van der Waals surface area (Å²) in [7, 11) is 0. The molecule has 0 bridgehead atoms. The van der Waals surface area contributed by atoms with Gasteiger partial charge >= 0.3 is 12.0 Å². The number of carboxylic acids is 1. The van der Waals surface area contributed by atoms with Crippen LogP contribution in [0.2, 0.25) is 5.02 Å². The molecule has 116 valence electrons. The van der Waals surface area contributed by atoms with Crippen molar-refractivity contribution in [1.29, 1.82) is 0 Å². The van der Waals surface area contributed by atoms with E-state index in [4.69, 9.17) is 11.6 Å². The number of rotatable bonds is 7. The van der Waals surface area contributed by atoms with Gasteiger partial charge in [-0.3, -0.25) is 4.79 Å². The third kappa shape index (κ3) is 4.93. The Morgan fingerprint density at radius 3 is 2.43 bits per heavy atom. The van der Waals surface area contributed by atoms with Crippen molar-refractivity contribution >= 4 is 23.6 Å². The van der Waals surface area contributed by atoms with Crippen molar-refractivity contribution in [2.45, 2.75) is 33.2 Å². The topological polar surface area (TPSA) is 78.4 Å². The maximum atomic E-state index is 11.8. The number of urea groups is 1. The molecule has 0 aliphatic carbocycles. The molecule has 0 saturated heterocycles. The Hall–Kier alpha value is -1.75. The number of carbonyl (C=O) groups excluding carboxylic acids is 1. The fourth-order valence-electron chi connectivity index (χ4n) is 2.02. The van der Waals surface area contributed by atoms with E-state index in [0.29, 0.717) is 24.4 Å². The van der Waals surface area contributed by atoms with Gasteiger partial charge in [-0.05, 0) is 30.5 Å². The molecule has 2 amide bonds. The molecule has 1 aromatic carbocycles. The first-order chi connectivity index (χ1) is 9.93. The van der Waals surface area contributed by atoms with Crippen molar-refractivity contribution in [2.24, 2.45) is 5.41 Å². The van der Waals surface area contributed by atoms with E-state index >= 15 is 0 Å². The molecule has 0 heterocycles. The van der Waals surface area contributed by atoms with Crippen LogP contribution in [-0.2, 0) is 11.3 Å². The third-order valence-corrected chi connectivity index (χ3v) is 3.97. The molecule has 5 nitrogen and oxygen atoms in total. The minimum atomic E-state index is -0.909. The number of halogens is 1. The lowest BCUT2D eigenvalue weighted by Gasteiger charge is -2.26. The first-order valence-corrected chi connectivity index (χ1v) is 7.31. The molecule has 0 unspecified atom stereocenters. The first kappa shape index (κ1) is 17.3. The van der Waals surface area contributed by atoms with Crippen LogP contribution in [0.5, 0.6) is 0 Å². The van der Waals surface area contributed by atoms with Gasteiger partial charge in [0.15, 0.2) is 0 Å². The molecule has 0 fully saturated rings. The van der Waals surface area contributed by atoms with Gasteiger partial charge in [-0.2, -0.15) is 0 Å². The summed E-state index contributed by atoms with van der Waals surface area (Å²) in [6.45, 7) is 4.06. The standard InChI is InChI=1S/C15H21ClN2O3/c1-3-15(4-2,13(19)20)10-18-14(21)17-9-11-6-5-7-12(16)8-11/h5-8H,3-4,9-10H2,1-2H3,(H,19,20)(H2,17,18,21). The molecular weight excluding hydrogens is 292 g/mol. The zero-order valence-corrected chi connectivity index (χ0v) is 13.0. The quantitative estimate of drug-likeness (QED) is 0.724. The highest BCUT2D eigenvalue weighted by Gasteiger charge is 2.35. The van der Waals surface area contributed by atoms with E-state index in [1.807, 2.05) is 19.9 Å². The second-order valence-corrected chi connectivity index (χ2v) is 5.40. The van der Waals surface area contributed by atoms with Gasteiger partial charge in [0.2, 0.25) is 0 Å². The van der Waals surface area contributed by atoms with Crippen LogP contribution in [0.25, 0.3) is 0 Å². The molecule has 0 saturated carbocycles. The van der Waals surface area contributed by atoms with Crippen LogP contribution >= 0.6 is 11.6 Å². The second-order valence-electron chi connectivity index (χ2n) is 4.96. The molecule has 0 radical (unpaired) electrons. The molecule has 0 atom stereocenters. The maximum absolute atomic E-state index is 11.8. The average molecular weight is 313 g/mol. The van der Waals surface area contributed by atoms with Gasteiger partial charge in [0.25, 0.3) is 0 Å². The van der Waals surface area contributed by atoms with E-state index in [9.17, 15) is 14.7 Å². The van der Waals surface area contributed by atoms with E-state index in [-0.39, 0.29) is 12.6 Å². The Bertz CT molecular complexity index is 501. The summed E-state index contributed by atoms with van der Waals surface area (Å²) < 4.78 is 0. The zero-order valence-electron chi connectivity index (χ0n) is 12.3. The highest BCUT2D eigenvalue weighted by molar-refractivity contribution is 6.30. The predicted molar refractivity (Wildman–Crippen MR) is 82.3 cm³/mol. The van der Waals surface area contributed by atoms with Crippen LogP contribution in [-0.4, -0.2) is 23.7 Å². The summed E-state index contributed by atoms with van der Waals surface area (Å²) in [6, 6.07) is 6.80. The van der Waals surface area contributed by atoms with Gasteiger partial charge in [-0.1, -0.05) is 37.6 Å². The summed E-state index contributed by atoms with van der Waals surface area (Å²) in [6.07, 6.45) is 0.931. The summed E-state index contributed by atoms with van der Waals surface area (Å²) in [5, 5.41) is 15.2. The second kappa shape index (κ2) is 7.88. The normalized spacial score (nSPS) is 11.0. The largest absolute Gasteiger partial charge is 0.481 e. The van der Waals surface area contributed by atoms with Crippen molar-refractivity contribution in [3.8, 4) is 0 Å². The number of hydrogen-bond acceptors (Lipinski definition) is 2. The number of benzene rings is 1. The summed E-state index contributed by atoms with van der Waals surface area (Å²) >= 11 is 5.86. The molecule has 0 spiro atoms. The number of carbonyl (C=O) groups is 2. The Balaban J connectivity index is 2.49. The van der Waals surface area contributed by atoms with E-state index in [0.717, 1.165) is 5.56 Å². The molecule has 0 aliphatic rings. The highest BCUT2D eigenvalue weighted by atomic mass is 35.5. The molecule has 1 aromatic rings. The zero-order chi connectivity index (χ0) is 15.9. The molecule has 21 heavy (non-hydrogen) atoms. The summed E-state index contributed by atoms with van der Waals surface area (Å²) in [4.78, 5) is 23.1. The van der Waals surface area contributed by atoms with Crippen LogP contribution in [0.4, 0.5) is 4.79 Å². The highest BCUT2D eigenvalue weighted by Crippen LogP contribution is 2.25. The van der Waals surface area contributed by atoms with E-state index < -0.39 is 11.4 Å². The Morgan fingerprint density at radius 1 is 1.24 bits per heavy atom. The molecule has 0 aliphatic heterocycles. The molecule has 6 heteroatoms. The van der Waals surface area contributed by atoms with Gasteiger partial charge < -0.3 is 15.7 Å². The van der Waals surface area contributed by atoms with Crippen LogP contribution in [0.15, 0.2) is 24.3 Å². The smallest absolute Gasteiger partial charge is 0.315 e. The van der Waals surface area contributed by atoms with Crippen molar-refractivity contribution in [2.75, 3.05) is 6.54 Å². The minimum Gasteiger partial charge on any atom is -0.481 e. The van der Waals surface area contributed by atoms with Crippen molar-refractivity contribution in [1.82, 2.24) is 10.6 Å². The molecular formula is C15H21ClN2O3. The Kier molecular flexibility index (Phi) is 6.49. The molecule has 1 rings (SSSR count). The van der Waals surface area contributed by atoms with Gasteiger partial charge in [0.05, 0.1) is 5.41 Å². The average Bonchev–Trinajstić information content (AvgIpc) is 2.46. The third-order valence-electron chi connectivity index (χ3n) is 3.74. The lowest BCUT2D eigenvalue weighted by atomic mass is 9.82. The number of aliphatic carboxylic acids is 1. The van der Waals surface area contributed by atoms with Crippen LogP contribution in [0.1, 0.15) is 32.3 Å². The van der Waals surface area contributed by atoms with Gasteiger partial charge in [-0.15, -0.1) is 0 Å². The van der Waals surface area contributed by atoms with Gasteiger partial charge in [-0.25, -0.2) is 4.79 Å². The minimum absolute atomic E-state index is 0.108. The van der Waals surface area contributed by atoms with Crippen LogP contribution < -0.4 is 10.6 Å². The van der Waals surface area contributed by atoms with Crippen molar-refractivity contribution in [3.05, 3.63) is 34.9 Å². The van der Waals surface area contributed by atoms with Gasteiger partial charge in [0, 0.05) is 18.1 Å². The predicted octanol–water partition coefficient (Wildman–Crippen LogP) is 3.03. The number of amides is 2. The molecule has 0 aromatic heterocycles. The Labute approximate surface area is 129 Å². The molecule has 3 N–H and O–H groups in total. The van der Waals surface area contributed by atoms with E-state index in [2.05, 4.69) is 10.6 Å². The number of hydrogen-bond donors (Lipinski definition) is 3. The lowest BCUT2D eigenvalue weighted by molar-refractivity contribution is -0.149. The summed E-state index contributed by atoms with van der Waals surface area (Å²) in [5.41, 5.74) is -0.0268. The van der Waals surface area contributed by atoms with E-state index in [1.165, 1.54) is 0 Å². The maximum Gasteiger partial charge on any atom is 0.315 e. The first-order valence-electron chi connectivity index (χ1n) is 6.93. The van der Waals surface area contributed by atoms with E-state index in [1.54, 1.807) is 18.2 Å². The monoisotopic (exact) mass is 312 g/mol. The van der Waals surface area contributed by atoms with Crippen molar-refractivity contribution in [3.63, 3.8) is 0 Å². The van der Waals surface area contributed by atoms with Gasteiger partial charge in [0.1, 0.15) is 0 Å². The van der Waals surface area contributed by atoms with Crippen molar-refractivity contribution < 1.29 is 14.7 Å². The fourth-order valence-corrected chi connectivity index (χ4v) is 2.23.